The number of hydrogen-bond donors (Lipinski definition) is 0. The van der Waals surface area contributed by atoms with Gasteiger partial charge in [0.1, 0.15) is 5.52 Å². The molecular formula is C17H14ClN5. The molecule has 0 spiro atoms. The van der Waals surface area contributed by atoms with Gasteiger partial charge in [-0.15, -0.1) is 5.10 Å². The van der Waals surface area contributed by atoms with Crippen LogP contribution in [0.3, 0.4) is 0 Å². The lowest BCUT2D eigenvalue weighted by molar-refractivity contribution is 0.679. The molecule has 4 aromatic rings. The highest BCUT2D eigenvalue weighted by atomic mass is 35.5. The lowest BCUT2D eigenvalue weighted by atomic mass is 9.97. The lowest BCUT2D eigenvalue weighted by Crippen LogP contribution is -2.11. The Morgan fingerprint density at radius 1 is 1.09 bits per heavy atom. The first kappa shape index (κ1) is 14.0. The van der Waals surface area contributed by atoms with E-state index in [1.54, 1.807) is 10.9 Å². The number of hydrogen-bond acceptors (Lipinski definition) is 3. The SMILES string of the molecule is Cn1nnc2c(C(c3ccc(Cl)cc3)n3ccnc3)cccc21. The minimum Gasteiger partial charge on any atom is -0.326 e. The third-order valence-corrected chi connectivity index (χ3v) is 4.23. The number of imidazole rings is 1. The van der Waals surface area contributed by atoms with Gasteiger partial charge in [0.05, 0.1) is 17.9 Å². The Labute approximate surface area is 138 Å². The standard InChI is InChI=1S/C17H14ClN5/c1-22-15-4-2-3-14(16(15)20-21-22)17(23-10-9-19-11-23)12-5-7-13(18)8-6-12/h2-11,17H,1H3. The number of halogens is 1. The molecule has 0 saturated carbocycles. The van der Waals surface area contributed by atoms with Crippen LogP contribution in [0.4, 0.5) is 0 Å². The molecule has 0 amide bonds. The van der Waals surface area contributed by atoms with Crippen LogP contribution in [0.1, 0.15) is 17.2 Å². The summed E-state index contributed by atoms with van der Waals surface area (Å²) >= 11 is 6.04. The van der Waals surface area contributed by atoms with Gasteiger partial charge in [-0.05, 0) is 23.8 Å². The van der Waals surface area contributed by atoms with Gasteiger partial charge in [-0.1, -0.05) is 41.1 Å². The lowest BCUT2D eigenvalue weighted by Gasteiger charge is -2.20. The minimum absolute atomic E-state index is 0.0323. The normalized spacial score (nSPS) is 12.6. The van der Waals surface area contributed by atoms with Gasteiger partial charge in [-0.3, -0.25) is 0 Å². The monoisotopic (exact) mass is 323 g/mol. The van der Waals surface area contributed by atoms with E-state index in [9.17, 15) is 0 Å². The molecule has 6 heteroatoms. The van der Waals surface area contributed by atoms with Crippen molar-refractivity contribution < 1.29 is 0 Å². The zero-order valence-electron chi connectivity index (χ0n) is 12.5. The molecule has 0 aliphatic heterocycles. The van der Waals surface area contributed by atoms with Gasteiger partial charge in [-0.2, -0.15) is 0 Å². The van der Waals surface area contributed by atoms with Crippen LogP contribution < -0.4 is 0 Å². The first-order valence-corrected chi connectivity index (χ1v) is 7.63. The van der Waals surface area contributed by atoms with Gasteiger partial charge in [0.15, 0.2) is 0 Å². The van der Waals surface area contributed by atoms with E-state index in [0.29, 0.717) is 0 Å². The van der Waals surface area contributed by atoms with Crippen molar-refractivity contribution in [2.24, 2.45) is 7.05 Å². The summed E-state index contributed by atoms with van der Waals surface area (Å²) in [6, 6.07) is 14.0. The Bertz CT molecular complexity index is 941. The van der Waals surface area contributed by atoms with Gasteiger partial charge in [0, 0.05) is 30.0 Å². The van der Waals surface area contributed by atoms with E-state index in [1.165, 1.54) is 0 Å². The summed E-state index contributed by atoms with van der Waals surface area (Å²) in [5.41, 5.74) is 4.09. The number of aromatic nitrogens is 5. The maximum Gasteiger partial charge on any atom is 0.118 e. The summed E-state index contributed by atoms with van der Waals surface area (Å²) in [6.07, 6.45) is 5.54. The van der Waals surface area contributed by atoms with E-state index in [-0.39, 0.29) is 6.04 Å². The number of rotatable bonds is 3. The number of aryl methyl sites for hydroxylation is 1. The van der Waals surface area contributed by atoms with E-state index in [2.05, 4.69) is 25.9 Å². The summed E-state index contributed by atoms with van der Waals surface area (Å²) in [4.78, 5) is 4.19. The first-order valence-electron chi connectivity index (χ1n) is 7.25. The average molecular weight is 324 g/mol. The first-order chi connectivity index (χ1) is 11.2. The van der Waals surface area contributed by atoms with E-state index in [4.69, 9.17) is 11.6 Å². The second-order valence-corrected chi connectivity index (χ2v) is 5.83. The van der Waals surface area contributed by atoms with Crippen molar-refractivity contribution in [3.63, 3.8) is 0 Å². The average Bonchev–Trinajstić information content (AvgIpc) is 3.21. The summed E-state index contributed by atoms with van der Waals surface area (Å²) in [7, 11) is 1.90. The molecule has 0 aliphatic rings. The molecule has 0 N–H and O–H groups in total. The minimum atomic E-state index is -0.0323. The highest BCUT2D eigenvalue weighted by Crippen LogP contribution is 2.31. The van der Waals surface area contributed by atoms with Crippen LogP contribution in [0.25, 0.3) is 11.0 Å². The zero-order chi connectivity index (χ0) is 15.8. The second kappa shape index (κ2) is 5.52. The van der Waals surface area contributed by atoms with Crippen molar-refractivity contribution >= 4 is 22.6 Å². The Morgan fingerprint density at radius 2 is 1.91 bits per heavy atom. The van der Waals surface area contributed by atoms with Crippen LogP contribution in [0, 0.1) is 0 Å². The van der Waals surface area contributed by atoms with Crippen LogP contribution in [0.5, 0.6) is 0 Å². The van der Waals surface area contributed by atoms with Gasteiger partial charge >= 0.3 is 0 Å². The van der Waals surface area contributed by atoms with Crippen LogP contribution in [0.15, 0.2) is 61.2 Å². The van der Waals surface area contributed by atoms with Crippen molar-refractivity contribution in [1.29, 1.82) is 0 Å². The van der Waals surface area contributed by atoms with Gasteiger partial charge in [-0.25, -0.2) is 9.67 Å². The number of nitrogens with zero attached hydrogens (tertiary/aromatic N) is 5. The molecule has 4 rings (SSSR count). The second-order valence-electron chi connectivity index (χ2n) is 5.39. The molecule has 0 radical (unpaired) electrons. The fourth-order valence-corrected chi connectivity index (χ4v) is 3.00. The molecule has 0 bridgehead atoms. The van der Waals surface area contributed by atoms with Crippen LogP contribution in [-0.4, -0.2) is 24.5 Å². The Kier molecular flexibility index (Phi) is 3.35. The van der Waals surface area contributed by atoms with Crippen molar-refractivity contribution in [3.8, 4) is 0 Å². The largest absolute Gasteiger partial charge is 0.326 e. The van der Waals surface area contributed by atoms with Crippen molar-refractivity contribution in [2.75, 3.05) is 0 Å². The smallest absolute Gasteiger partial charge is 0.118 e. The molecule has 23 heavy (non-hydrogen) atoms. The predicted molar refractivity (Wildman–Crippen MR) is 89.4 cm³/mol. The molecular weight excluding hydrogens is 310 g/mol. The number of benzene rings is 2. The molecule has 0 aliphatic carbocycles. The van der Waals surface area contributed by atoms with Crippen molar-refractivity contribution in [2.45, 2.75) is 6.04 Å². The molecule has 2 aromatic heterocycles. The Hall–Kier alpha value is -2.66. The summed E-state index contributed by atoms with van der Waals surface area (Å²) in [6.45, 7) is 0. The third-order valence-electron chi connectivity index (χ3n) is 3.98. The third kappa shape index (κ3) is 2.39. The van der Waals surface area contributed by atoms with Crippen LogP contribution in [-0.2, 0) is 7.05 Å². The number of fused-ring (bicyclic) bond motifs is 1. The van der Waals surface area contributed by atoms with Gasteiger partial charge in [0.2, 0.25) is 0 Å². The zero-order valence-corrected chi connectivity index (χ0v) is 13.2. The summed E-state index contributed by atoms with van der Waals surface area (Å²) in [5, 5.41) is 9.21. The molecule has 1 unspecified atom stereocenters. The molecule has 2 heterocycles. The molecule has 114 valence electrons. The highest BCUT2D eigenvalue weighted by molar-refractivity contribution is 6.30. The van der Waals surface area contributed by atoms with Gasteiger partial charge in [0.25, 0.3) is 0 Å². The van der Waals surface area contributed by atoms with Crippen LogP contribution >= 0.6 is 11.6 Å². The van der Waals surface area contributed by atoms with Gasteiger partial charge < -0.3 is 4.57 Å². The Balaban J connectivity index is 1.96. The molecule has 0 fully saturated rings. The summed E-state index contributed by atoms with van der Waals surface area (Å²) in [5.74, 6) is 0. The highest BCUT2D eigenvalue weighted by Gasteiger charge is 2.20. The molecule has 5 nitrogen and oxygen atoms in total. The van der Waals surface area contributed by atoms with Crippen LogP contribution in [0.2, 0.25) is 5.02 Å². The summed E-state index contributed by atoms with van der Waals surface area (Å²) < 4.78 is 3.85. The van der Waals surface area contributed by atoms with E-state index < -0.39 is 0 Å². The molecule has 2 aromatic carbocycles. The van der Waals surface area contributed by atoms with E-state index in [1.807, 2.05) is 56.0 Å². The van der Waals surface area contributed by atoms with E-state index >= 15 is 0 Å². The molecule has 1 atom stereocenters. The topological polar surface area (TPSA) is 48.5 Å². The maximum atomic E-state index is 6.04. The molecule has 0 saturated heterocycles. The predicted octanol–water partition coefficient (Wildman–Crippen LogP) is 3.46. The van der Waals surface area contributed by atoms with Crippen molar-refractivity contribution in [3.05, 3.63) is 77.3 Å². The quantitative estimate of drug-likeness (QED) is 0.580. The van der Waals surface area contributed by atoms with Crippen molar-refractivity contribution in [1.82, 2.24) is 24.5 Å². The fraction of sp³-hybridized carbons (Fsp3) is 0.118. The maximum absolute atomic E-state index is 6.04. The van der Waals surface area contributed by atoms with E-state index in [0.717, 1.165) is 27.2 Å². The fourth-order valence-electron chi connectivity index (χ4n) is 2.88. The Morgan fingerprint density at radius 3 is 2.65 bits per heavy atom.